The molecule has 1 aromatic carbocycles. The van der Waals surface area contributed by atoms with E-state index in [9.17, 15) is 9.59 Å². The number of hydrogen-bond donors (Lipinski definition) is 1. The van der Waals surface area contributed by atoms with E-state index in [1.54, 1.807) is 7.05 Å². The number of halogens is 1. The number of imide groups is 1. The minimum Gasteiger partial charge on any atom is -0.380 e. The zero-order chi connectivity index (χ0) is 18.7. The van der Waals surface area contributed by atoms with E-state index < -0.39 is 18.2 Å². The lowest BCUT2D eigenvalue weighted by molar-refractivity contribution is -0.127. The summed E-state index contributed by atoms with van der Waals surface area (Å²) >= 11 is 7.47. The number of rotatable bonds is 6. The summed E-state index contributed by atoms with van der Waals surface area (Å²) in [6.45, 7) is 3.57. The van der Waals surface area contributed by atoms with Crippen LogP contribution in [-0.4, -0.2) is 65.9 Å². The zero-order valence-corrected chi connectivity index (χ0v) is 16.2. The maximum absolute atomic E-state index is 12.4. The molecule has 2 atom stereocenters. The van der Waals surface area contributed by atoms with Gasteiger partial charge in [0.05, 0.1) is 6.61 Å². The van der Waals surface area contributed by atoms with Crippen LogP contribution in [0.15, 0.2) is 29.3 Å². The lowest BCUT2D eigenvalue weighted by atomic mass is 10.1. The van der Waals surface area contributed by atoms with E-state index in [1.165, 1.54) is 16.7 Å². The van der Waals surface area contributed by atoms with Crippen LogP contribution in [0.5, 0.6) is 0 Å². The van der Waals surface area contributed by atoms with Crippen molar-refractivity contribution >= 4 is 40.5 Å². The molecule has 26 heavy (non-hydrogen) atoms. The molecule has 2 unspecified atom stereocenters. The van der Waals surface area contributed by atoms with Crippen molar-refractivity contribution in [3.8, 4) is 0 Å². The predicted octanol–water partition coefficient (Wildman–Crippen LogP) is 2.16. The molecule has 9 heteroatoms. The molecule has 3 rings (SSSR count). The Morgan fingerprint density at radius 1 is 1.31 bits per heavy atom. The fourth-order valence-electron chi connectivity index (χ4n) is 2.89. The number of benzene rings is 1. The number of thioether (sulfide) groups is 1. The van der Waals surface area contributed by atoms with Crippen molar-refractivity contribution in [3.63, 3.8) is 0 Å². The van der Waals surface area contributed by atoms with E-state index in [0.717, 1.165) is 10.7 Å². The Morgan fingerprint density at radius 3 is 2.73 bits per heavy atom. The third kappa shape index (κ3) is 3.97. The molecule has 7 nitrogen and oxygen atoms in total. The van der Waals surface area contributed by atoms with Gasteiger partial charge in [0.2, 0.25) is 0 Å². The molecule has 0 bridgehead atoms. The largest absolute Gasteiger partial charge is 0.380 e. The molecule has 1 N–H and O–H groups in total. The van der Waals surface area contributed by atoms with Crippen LogP contribution in [0.4, 0.5) is 4.79 Å². The number of urea groups is 1. The van der Waals surface area contributed by atoms with Gasteiger partial charge in [0.25, 0.3) is 5.91 Å². The number of nitrogens with one attached hydrogen (secondary N) is 1. The average molecular weight is 397 g/mol. The average Bonchev–Trinajstić information content (AvgIpc) is 2.99. The van der Waals surface area contributed by atoms with Gasteiger partial charge in [-0.2, -0.15) is 0 Å². The summed E-state index contributed by atoms with van der Waals surface area (Å²) in [6.07, 6.45) is -0.509. The SMILES string of the molecule is CCOCCN1C(SCc2ccc(Cl)cc2)=NC2C1C(=O)NC(=O)N2C. The Bertz CT molecular complexity index is 712. The molecule has 0 aliphatic carbocycles. The smallest absolute Gasteiger partial charge is 0.325 e. The Labute approximate surface area is 161 Å². The molecular formula is C17H21ClN4O3S. The minimum absolute atomic E-state index is 0.319. The van der Waals surface area contributed by atoms with Gasteiger partial charge in [0, 0.05) is 31.0 Å². The standard InChI is InChI=1S/C17H21ClN4O3S/c1-3-25-9-8-22-13-14(21(2)16(24)20-15(13)23)19-17(22)26-10-11-4-6-12(18)7-5-11/h4-7,13-14H,3,8-10H2,1-2H3,(H,20,23,24). The lowest BCUT2D eigenvalue weighted by Gasteiger charge is -2.36. The summed E-state index contributed by atoms with van der Waals surface area (Å²) in [6, 6.07) is 6.68. The van der Waals surface area contributed by atoms with Crippen LogP contribution in [0.25, 0.3) is 0 Å². The van der Waals surface area contributed by atoms with Gasteiger partial charge in [-0.05, 0) is 24.6 Å². The van der Waals surface area contributed by atoms with Crippen LogP contribution < -0.4 is 5.32 Å². The number of amidine groups is 1. The van der Waals surface area contributed by atoms with Crippen LogP contribution in [0.1, 0.15) is 12.5 Å². The van der Waals surface area contributed by atoms with Crippen LogP contribution in [-0.2, 0) is 15.3 Å². The van der Waals surface area contributed by atoms with Crippen molar-refractivity contribution < 1.29 is 14.3 Å². The van der Waals surface area contributed by atoms with E-state index in [4.69, 9.17) is 16.3 Å². The van der Waals surface area contributed by atoms with E-state index in [2.05, 4.69) is 10.3 Å². The molecule has 3 amide bonds. The zero-order valence-electron chi connectivity index (χ0n) is 14.6. The number of ether oxygens (including phenoxy) is 1. The molecule has 1 saturated heterocycles. The van der Waals surface area contributed by atoms with Gasteiger partial charge < -0.3 is 14.5 Å². The number of carbonyl (C=O) groups is 2. The highest BCUT2D eigenvalue weighted by atomic mass is 35.5. The topological polar surface area (TPSA) is 74.2 Å². The molecule has 0 spiro atoms. The summed E-state index contributed by atoms with van der Waals surface area (Å²) in [5.74, 6) is 0.375. The van der Waals surface area contributed by atoms with Crippen LogP contribution >= 0.6 is 23.4 Å². The fourth-order valence-corrected chi connectivity index (χ4v) is 4.06. The lowest BCUT2D eigenvalue weighted by Crippen LogP contribution is -2.63. The Balaban J connectivity index is 1.76. The van der Waals surface area contributed by atoms with Crippen LogP contribution in [0.3, 0.4) is 0 Å². The minimum atomic E-state index is -0.522. The van der Waals surface area contributed by atoms with E-state index in [-0.39, 0.29) is 5.91 Å². The van der Waals surface area contributed by atoms with Gasteiger partial charge in [0.1, 0.15) is 0 Å². The second-order valence-electron chi connectivity index (χ2n) is 5.98. The second kappa shape index (κ2) is 8.28. The number of aliphatic imine (C=N–C) groups is 1. The molecule has 0 radical (unpaired) electrons. The molecule has 2 heterocycles. The maximum Gasteiger partial charge on any atom is 0.325 e. The van der Waals surface area contributed by atoms with Gasteiger partial charge in [-0.15, -0.1) is 0 Å². The van der Waals surface area contributed by atoms with Crippen molar-refractivity contribution in [1.82, 2.24) is 15.1 Å². The van der Waals surface area contributed by atoms with Gasteiger partial charge in [-0.1, -0.05) is 35.5 Å². The van der Waals surface area contributed by atoms with Crippen molar-refractivity contribution in [3.05, 3.63) is 34.9 Å². The first-order chi connectivity index (χ1) is 12.5. The summed E-state index contributed by atoms with van der Waals surface area (Å²) in [5.41, 5.74) is 1.11. The second-order valence-corrected chi connectivity index (χ2v) is 7.36. The first-order valence-corrected chi connectivity index (χ1v) is 9.74. The van der Waals surface area contributed by atoms with Crippen molar-refractivity contribution in [2.24, 2.45) is 4.99 Å². The molecule has 0 saturated carbocycles. The summed E-state index contributed by atoms with van der Waals surface area (Å²) < 4.78 is 5.45. The number of carbonyl (C=O) groups excluding carboxylic acids is 2. The van der Waals surface area contributed by atoms with Crippen LogP contribution in [0.2, 0.25) is 5.02 Å². The van der Waals surface area contributed by atoms with Gasteiger partial charge in [-0.3, -0.25) is 10.1 Å². The quantitative estimate of drug-likeness (QED) is 0.746. The summed E-state index contributed by atoms with van der Waals surface area (Å²) in [4.78, 5) is 32.3. The number of hydrogen-bond acceptors (Lipinski definition) is 6. The molecule has 2 aliphatic heterocycles. The molecule has 140 valence electrons. The Hall–Kier alpha value is -1.77. The van der Waals surface area contributed by atoms with Crippen LogP contribution in [0, 0.1) is 0 Å². The molecule has 1 fully saturated rings. The van der Waals surface area contributed by atoms with Crippen molar-refractivity contribution in [2.75, 3.05) is 26.8 Å². The first kappa shape index (κ1) is 19.0. The highest BCUT2D eigenvalue weighted by Crippen LogP contribution is 2.29. The van der Waals surface area contributed by atoms with Gasteiger partial charge >= 0.3 is 6.03 Å². The Morgan fingerprint density at radius 2 is 2.04 bits per heavy atom. The highest BCUT2D eigenvalue weighted by Gasteiger charge is 2.48. The third-order valence-corrected chi connectivity index (χ3v) is 5.61. The maximum atomic E-state index is 12.4. The molecular weight excluding hydrogens is 376 g/mol. The number of likely N-dealkylation sites (N-methyl/N-ethyl adjacent to an activating group) is 1. The van der Waals surface area contributed by atoms with Crippen molar-refractivity contribution in [1.29, 1.82) is 0 Å². The summed E-state index contributed by atoms with van der Waals surface area (Å²) in [7, 11) is 1.65. The third-order valence-electron chi connectivity index (χ3n) is 4.28. The van der Waals surface area contributed by atoms with Crippen molar-refractivity contribution in [2.45, 2.75) is 24.9 Å². The first-order valence-electron chi connectivity index (χ1n) is 8.38. The van der Waals surface area contributed by atoms with Gasteiger partial charge in [-0.25, -0.2) is 9.79 Å². The number of nitrogens with zero attached hydrogens (tertiary/aromatic N) is 3. The number of amides is 3. The van der Waals surface area contributed by atoms with E-state index in [1.807, 2.05) is 36.1 Å². The van der Waals surface area contributed by atoms with E-state index >= 15 is 0 Å². The highest BCUT2D eigenvalue weighted by molar-refractivity contribution is 8.13. The molecule has 2 aliphatic rings. The molecule has 0 aromatic heterocycles. The predicted molar refractivity (Wildman–Crippen MR) is 102 cm³/mol. The van der Waals surface area contributed by atoms with E-state index in [0.29, 0.717) is 30.5 Å². The normalized spacial score (nSPS) is 22.3. The Kier molecular flexibility index (Phi) is 6.05. The molecule has 1 aromatic rings. The fraction of sp³-hybridized carbons (Fsp3) is 0.471. The summed E-state index contributed by atoms with van der Waals surface area (Å²) in [5, 5.41) is 3.82. The number of fused-ring (bicyclic) bond motifs is 1. The monoisotopic (exact) mass is 396 g/mol. The van der Waals surface area contributed by atoms with Gasteiger partial charge in [0.15, 0.2) is 17.4 Å².